The Bertz CT molecular complexity index is 151. The number of hydrogen-bond donors (Lipinski definition) is 1. The van der Waals surface area contributed by atoms with Crippen molar-refractivity contribution in [2.24, 2.45) is 0 Å². The minimum absolute atomic E-state index is 0.506. The molecule has 2 nitrogen and oxygen atoms in total. The van der Waals surface area contributed by atoms with E-state index in [2.05, 4.69) is 30.3 Å². The van der Waals surface area contributed by atoms with E-state index in [-0.39, 0.29) is 0 Å². The third-order valence-electron chi connectivity index (χ3n) is 1.92. The lowest BCUT2D eigenvalue weighted by Crippen LogP contribution is -2.43. The molecule has 1 N–H and O–H groups in total. The van der Waals surface area contributed by atoms with Gasteiger partial charge in [-0.25, -0.2) is 0 Å². The van der Waals surface area contributed by atoms with Crippen LogP contribution >= 0.6 is 24.0 Å². The van der Waals surface area contributed by atoms with E-state index in [1.165, 1.54) is 0 Å². The molecule has 0 amide bonds. The molecule has 1 atom stereocenters. The number of rotatable bonds is 5. The summed E-state index contributed by atoms with van der Waals surface area (Å²) in [6.45, 7) is 5.30. The molecule has 0 fully saturated rings. The van der Waals surface area contributed by atoms with Gasteiger partial charge in [0.15, 0.2) is 5.11 Å². The van der Waals surface area contributed by atoms with Crippen LogP contribution in [0.15, 0.2) is 0 Å². The van der Waals surface area contributed by atoms with Crippen molar-refractivity contribution >= 4 is 29.1 Å². The molecule has 0 bridgehead atoms. The Morgan fingerprint density at radius 1 is 1.62 bits per heavy atom. The second-order valence-electron chi connectivity index (χ2n) is 3.15. The second-order valence-corrected chi connectivity index (χ2v) is 4.44. The number of thioether (sulfide) groups is 1. The summed E-state index contributed by atoms with van der Waals surface area (Å²) in [6.07, 6.45) is 3.23. The highest BCUT2D eigenvalue weighted by Gasteiger charge is 2.10. The zero-order valence-electron chi connectivity index (χ0n) is 8.96. The van der Waals surface area contributed by atoms with Crippen molar-refractivity contribution < 1.29 is 0 Å². The molecule has 78 valence electrons. The van der Waals surface area contributed by atoms with Crippen LogP contribution in [0.4, 0.5) is 0 Å². The van der Waals surface area contributed by atoms with Gasteiger partial charge in [-0.1, -0.05) is 6.92 Å². The van der Waals surface area contributed by atoms with Crippen molar-refractivity contribution in [2.75, 3.05) is 25.6 Å². The molecule has 13 heavy (non-hydrogen) atoms. The highest BCUT2D eigenvalue weighted by molar-refractivity contribution is 7.98. The third kappa shape index (κ3) is 5.37. The molecular weight excluding hydrogens is 200 g/mol. The first-order chi connectivity index (χ1) is 6.13. The van der Waals surface area contributed by atoms with Gasteiger partial charge in [0.05, 0.1) is 0 Å². The molecule has 0 radical (unpaired) electrons. The zero-order valence-corrected chi connectivity index (χ0v) is 10.6. The molecule has 0 heterocycles. The summed E-state index contributed by atoms with van der Waals surface area (Å²) in [7, 11) is 2.05. The summed E-state index contributed by atoms with van der Waals surface area (Å²) in [5.41, 5.74) is 0. The van der Waals surface area contributed by atoms with Gasteiger partial charge in [-0.2, -0.15) is 11.8 Å². The van der Waals surface area contributed by atoms with E-state index in [9.17, 15) is 0 Å². The maximum absolute atomic E-state index is 5.24. The Labute approximate surface area is 91.5 Å². The lowest BCUT2D eigenvalue weighted by Gasteiger charge is -2.27. The van der Waals surface area contributed by atoms with Crippen LogP contribution in [0.2, 0.25) is 0 Å². The minimum Gasteiger partial charge on any atom is -0.363 e. The van der Waals surface area contributed by atoms with E-state index in [0.29, 0.717) is 6.04 Å². The van der Waals surface area contributed by atoms with Crippen LogP contribution in [0.1, 0.15) is 20.3 Å². The predicted octanol–water partition coefficient (Wildman–Crippen LogP) is 1.95. The summed E-state index contributed by atoms with van der Waals surface area (Å²) in [4.78, 5) is 2.13. The molecule has 0 spiro atoms. The molecular formula is C9H20N2S2. The molecule has 0 aliphatic carbocycles. The van der Waals surface area contributed by atoms with Crippen LogP contribution in [0.5, 0.6) is 0 Å². The molecule has 0 rings (SSSR count). The molecule has 0 aliphatic heterocycles. The van der Waals surface area contributed by atoms with Crippen molar-refractivity contribution in [2.45, 2.75) is 26.3 Å². The Hall–Kier alpha value is 0.0400. The summed E-state index contributed by atoms with van der Waals surface area (Å²) < 4.78 is 0. The normalized spacial score (nSPS) is 12.3. The van der Waals surface area contributed by atoms with Gasteiger partial charge in [0.1, 0.15) is 0 Å². The maximum Gasteiger partial charge on any atom is 0.168 e. The van der Waals surface area contributed by atoms with Gasteiger partial charge in [0, 0.05) is 25.4 Å². The fourth-order valence-electron chi connectivity index (χ4n) is 0.910. The van der Waals surface area contributed by atoms with E-state index >= 15 is 0 Å². The Morgan fingerprint density at radius 2 is 2.23 bits per heavy atom. The molecule has 0 aromatic heterocycles. The summed E-state index contributed by atoms with van der Waals surface area (Å²) in [6, 6.07) is 0.506. The average Bonchev–Trinajstić information content (AvgIpc) is 2.13. The molecule has 1 unspecified atom stereocenters. The van der Waals surface area contributed by atoms with Gasteiger partial charge in [-0.05, 0) is 31.8 Å². The Kier molecular flexibility index (Phi) is 7.47. The lowest BCUT2D eigenvalue weighted by atomic mass is 10.3. The molecule has 0 aliphatic rings. The van der Waals surface area contributed by atoms with Gasteiger partial charge in [-0.15, -0.1) is 0 Å². The van der Waals surface area contributed by atoms with Crippen LogP contribution in [0.3, 0.4) is 0 Å². The Balaban J connectivity index is 3.79. The zero-order chi connectivity index (χ0) is 10.3. The van der Waals surface area contributed by atoms with Crippen LogP contribution < -0.4 is 5.32 Å². The van der Waals surface area contributed by atoms with E-state index in [0.717, 1.165) is 23.8 Å². The first-order valence-corrected chi connectivity index (χ1v) is 6.43. The third-order valence-corrected chi connectivity index (χ3v) is 3.16. The monoisotopic (exact) mass is 220 g/mol. The average molecular weight is 220 g/mol. The van der Waals surface area contributed by atoms with Crippen molar-refractivity contribution in [3.8, 4) is 0 Å². The quantitative estimate of drug-likeness (QED) is 0.712. The number of thiocarbonyl (C=S) groups is 1. The van der Waals surface area contributed by atoms with Gasteiger partial charge < -0.3 is 10.2 Å². The van der Waals surface area contributed by atoms with Crippen molar-refractivity contribution in [3.63, 3.8) is 0 Å². The first-order valence-electron chi connectivity index (χ1n) is 4.63. The molecule has 0 saturated carbocycles. The van der Waals surface area contributed by atoms with Crippen molar-refractivity contribution in [1.82, 2.24) is 10.2 Å². The summed E-state index contributed by atoms with van der Waals surface area (Å²) >= 11 is 7.09. The minimum atomic E-state index is 0.506. The lowest BCUT2D eigenvalue weighted by molar-refractivity contribution is 0.416. The largest absolute Gasteiger partial charge is 0.363 e. The van der Waals surface area contributed by atoms with Crippen molar-refractivity contribution in [3.05, 3.63) is 0 Å². The molecule has 0 saturated heterocycles. The molecule has 0 aromatic carbocycles. The van der Waals surface area contributed by atoms with Crippen LogP contribution in [-0.4, -0.2) is 41.7 Å². The van der Waals surface area contributed by atoms with Gasteiger partial charge in [0.25, 0.3) is 0 Å². The second kappa shape index (κ2) is 7.44. The SMILES string of the molecule is CCCNC(=S)N(C)C(C)CSC. The fourth-order valence-corrected chi connectivity index (χ4v) is 1.90. The van der Waals surface area contributed by atoms with Crippen molar-refractivity contribution in [1.29, 1.82) is 0 Å². The molecule has 0 aromatic rings. The first kappa shape index (κ1) is 13.0. The van der Waals surface area contributed by atoms with Crippen LogP contribution in [-0.2, 0) is 0 Å². The summed E-state index contributed by atoms with van der Waals surface area (Å²) in [5.74, 6) is 1.12. The summed E-state index contributed by atoms with van der Waals surface area (Å²) in [5, 5.41) is 4.08. The Morgan fingerprint density at radius 3 is 2.69 bits per heavy atom. The van der Waals surface area contributed by atoms with Crippen LogP contribution in [0, 0.1) is 0 Å². The highest BCUT2D eigenvalue weighted by atomic mass is 32.2. The standard InChI is InChI=1S/C9H20N2S2/c1-5-6-10-9(12)11(3)8(2)7-13-4/h8H,5-7H2,1-4H3,(H,10,12). The number of hydrogen-bond acceptors (Lipinski definition) is 2. The highest BCUT2D eigenvalue weighted by Crippen LogP contribution is 2.03. The van der Waals surface area contributed by atoms with Gasteiger partial charge in [-0.3, -0.25) is 0 Å². The number of nitrogens with zero attached hydrogens (tertiary/aromatic N) is 1. The maximum atomic E-state index is 5.24. The van der Waals surface area contributed by atoms with Crippen LogP contribution in [0.25, 0.3) is 0 Å². The van der Waals surface area contributed by atoms with Gasteiger partial charge >= 0.3 is 0 Å². The van der Waals surface area contributed by atoms with E-state index in [1.54, 1.807) is 0 Å². The van der Waals surface area contributed by atoms with E-state index in [4.69, 9.17) is 12.2 Å². The number of nitrogens with one attached hydrogen (secondary N) is 1. The fraction of sp³-hybridized carbons (Fsp3) is 0.889. The molecule has 4 heteroatoms. The van der Waals surface area contributed by atoms with E-state index in [1.807, 2.05) is 18.8 Å². The predicted molar refractivity (Wildman–Crippen MR) is 66.5 cm³/mol. The topological polar surface area (TPSA) is 15.3 Å². The smallest absolute Gasteiger partial charge is 0.168 e. The van der Waals surface area contributed by atoms with E-state index < -0.39 is 0 Å². The van der Waals surface area contributed by atoms with Gasteiger partial charge in [0.2, 0.25) is 0 Å².